The zero-order valence-electron chi connectivity index (χ0n) is 16.0. The topological polar surface area (TPSA) is 85.5 Å². The molecule has 2 aliphatic rings. The predicted octanol–water partition coefficient (Wildman–Crippen LogP) is 3.53. The van der Waals surface area contributed by atoms with E-state index in [9.17, 15) is 18.4 Å². The number of amides is 2. The van der Waals surface area contributed by atoms with Crippen LogP contribution in [0.15, 0.2) is 36.4 Å². The number of nitrogens with zero attached hydrogens (tertiary/aromatic N) is 2. The third-order valence-electron chi connectivity index (χ3n) is 5.23. The number of carbonyl (C=O) groups is 2. The van der Waals surface area contributed by atoms with E-state index in [0.29, 0.717) is 34.6 Å². The molecule has 1 saturated heterocycles. The summed E-state index contributed by atoms with van der Waals surface area (Å²) in [6, 6.07) is 8.47. The minimum atomic E-state index is -3.18. The van der Waals surface area contributed by atoms with Gasteiger partial charge in [-0.1, -0.05) is 23.7 Å². The molecule has 2 fully saturated rings. The number of hydrogen-bond acceptors (Lipinski definition) is 4. The fraction of sp³-hybridized carbons (Fsp3) is 0.381. The van der Waals surface area contributed by atoms with E-state index in [2.05, 4.69) is 4.98 Å². The molecule has 1 aromatic heterocycles. The van der Waals surface area contributed by atoms with Gasteiger partial charge in [-0.05, 0) is 43.0 Å². The highest BCUT2D eigenvalue weighted by molar-refractivity contribution is 6.30. The molecule has 1 aromatic carbocycles. The minimum Gasteiger partial charge on any atom is -0.491 e. The summed E-state index contributed by atoms with van der Waals surface area (Å²) in [6.07, 6.45) is 1.43. The molecule has 0 unspecified atom stereocenters. The Bertz CT molecular complexity index is 980. The zero-order chi connectivity index (χ0) is 21.5. The van der Waals surface area contributed by atoms with Gasteiger partial charge in [0.1, 0.15) is 23.2 Å². The average Bonchev–Trinajstić information content (AvgIpc) is 3.47. The Kier molecular flexibility index (Phi) is 5.36. The number of rotatable bonds is 6. The monoisotopic (exact) mass is 435 g/mol. The highest BCUT2D eigenvalue weighted by Crippen LogP contribution is 2.35. The maximum Gasteiger partial charge on any atom is 0.273 e. The molecule has 4 rings (SSSR count). The van der Waals surface area contributed by atoms with Crippen molar-refractivity contribution < 1.29 is 23.1 Å². The van der Waals surface area contributed by atoms with Crippen molar-refractivity contribution in [3.05, 3.63) is 47.1 Å². The predicted molar refractivity (Wildman–Crippen MR) is 106 cm³/mol. The number of benzene rings is 1. The van der Waals surface area contributed by atoms with Crippen molar-refractivity contribution >= 4 is 23.4 Å². The molecule has 0 bridgehead atoms. The molecule has 0 radical (unpaired) electrons. The summed E-state index contributed by atoms with van der Waals surface area (Å²) in [5.74, 6) is -3.93. The molecule has 2 N–H and O–H groups in total. The van der Waals surface area contributed by atoms with Crippen LogP contribution in [-0.4, -0.2) is 46.8 Å². The average molecular weight is 436 g/mol. The van der Waals surface area contributed by atoms with E-state index in [1.54, 1.807) is 30.3 Å². The van der Waals surface area contributed by atoms with Gasteiger partial charge in [0.05, 0.1) is 13.2 Å². The normalized spacial score (nSPS) is 20.2. The minimum absolute atomic E-state index is 0.0670. The van der Waals surface area contributed by atoms with Crippen LogP contribution in [0.4, 0.5) is 8.78 Å². The SMILES string of the molecule is NC(=O)[C@@H]1CC(F)(F)CN1C(=O)c1ccc(OCC2CC2)c(-c2ccc(Cl)cc2)n1. The van der Waals surface area contributed by atoms with E-state index in [-0.39, 0.29) is 5.69 Å². The zero-order valence-corrected chi connectivity index (χ0v) is 16.7. The van der Waals surface area contributed by atoms with Gasteiger partial charge in [0.2, 0.25) is 5.91 Å². The summed E-state index contributed by atoms with van der Waals surface area (Å²) in [7, 11) is 0. The van der Waals surface area contributed by atoms with Gasteiger partial charge in [-0.3, -0.25) is 9.59 Å². The molecule has 2 heterocycles. The second kappa shape index (κ2) is 7.83. The van der Waals surface area contributed by atoms with Crippen LogP contribution < -0.4 is 10.5 Å². The van der Waals surface area contributed by atoms with E-state index in [4.69, 9.17) is 22.1 Å². The molecule has 30 heavy (non-hydrogen) atoms. The number of primary amides is 1. The van der Waals surface area contributed by atoms with Gasteiger partial charge in [0, 0.05) is 17.0 Å². The molecule has 1 aliphatic carbocycles. The standard InChI is InChI=1S/C21H20ClF2N3O3/c22-14-5-3-13(4-6-14)18-17(30-10-12-1-2-12)8-7-15(26-18)20(29)27-11-21(23,24)9-16(27)19(25)28/h3-8,12,16H,1-2,9-11H2,(H2,25,28)/t16-/m0/s1. The lowest BCUT2D eigenvalue weighted by atomic mass is 10.1. The second-order valence-corrected chi connectivity index (χ2v) is 8.15. The van der Waals surface area contributed by atoms with Crippen molar-refractivity contribution in [1.82, 2.24) is 9.88 Å². The number of likely N-dealkylation sites (tertiary alicyclic amines) is 1. The van der Waals surface area contributed by atoms with Crippen LogP contribution in [0, 0.1) is 5.92 Å². The lowest BCUT2D eigenvalue weighted by Gasteiger charge is -2.21. The van der Waals surface area contributed by atoms with Crippen LogP contribution in [-0.2, 0) is 4.79 Å². The Morgan fingerprint density at radius 1 is 1.20 bits per heavy atom. The number of hydrogen-bond donors (Lipinski definition) is 1. The number of halogens is 3. The summed E-state index contributed by atoms with van der Waals surface area (Å²) in [4.78, 5) is 29.7. The highest BCUT2D eigenvalue weighted by atomic mass is 35.5. The van der Waals surface area contributed by atoms with Crippen molar-refractivity contribution in [3.63, 3.8) is 0 Å². The first-order chi connectivity index (χ1) is 14.2. The summed E-state index contributed by atoms with van der Waals surface area (Å²) in [6.45, 7) is -0.338. The molecule has 0 spiro atoms. The molecular formula is C21H20ClF2N3O3. The third-order valence-corrected chi connectivity index (χ3v) is 5.48. The quantitative estimate of drug-likeness (QED) is 0.752. The van der Waals surface area contributed by atoms with E-state index in [1.165, 1.54) is 6.07 Å². The lowest BCUT2D eigenvalue weighted by molar-refractivity contribution is -0.121. The summed E-state index contributed by atoms with van der Waals surface area (Å²) in [5.41, 5.74) is 6.24. The van der Waals surface area contributed by atoms with Gasteiger partial charge in [-0.15, -0.1) is 0 Å². The molecule has 2 aromatic rings. The molecule has 1 saturated carbocycles. The Balaban J connectivity index is 1.67. The first kappa shape index (κ1) is 20.5. The maximum absolute atomic E-state index is 13.9. The molecule has 9 heteroatoms. The Hall–Kier alpha value is -2.74. The summed E-state index contributed by atoms with van der Waals surface area (Å²) >= 11 is 5.96. The number of ether oxygens (including phenoxy) is 1. The number of pyridine rings is 1. The van der Waals surface area contributed by atoms with Gasteiger partial charge >= 0.3 is 0 Å². The molecule has 6 nitrogen and oxygen atoms in total. The summed E-state index contributed by atoms with van der Waals surface area (Å²) in [5, 5.41) is 0.537. The van der Waals surface area contributed by atoms with Crippen molar-refractivity contribution in [2.75, 3.05) is 13.2 Å². The smallest absolute Gasteiger partial charge is 0.273 e. The van der Waals surface area contributed by atoms with Crippen molar-refractivity contribution in [1.29, 1.82) is 0 Å². The number of carbonyl (C=O) groups excluding carboxylic acids is 2. The van der Waals surface area contributed by atoms with Gasteiger partial charge < -0.3 is 15.4 Å². The van der Waals surface area contributed by atoms with Gasteiger partial charge in [-0.2, -0.15) is 0 Å². The van der Waals surface area contributed by atoms with Crippen LogP contribution in [0.1, 0.15) is 29.8 Å². The number of alkyl halides is 2. The fourth-order valence-electron chi connectivity index (χ4n) is 3.42. The largest absolute Gasteiger partial charge is 0.491 e. The van der Waals surface area contributed by atoms with E-state index < -0.39 is 36.7 Å². The molecule has 158 valence electrons. The van der Waals surface area contributed by atoms with Crippen LogP contribution >= 0.6 is 11.6 Å². The van der Waals surface area contributed by atoms with E-state index >= 15 is 0 Å². The Morgan fingerprint density at radius 2 is 1.90 bits per heavy atom. The van der Waals surface area contributed by atoms with Crippen LogP contribution in [0.25, 0.3) is 11.3 Å². The molecule has 1 aliphatic heterocycles. The fourth-order valence-corrected chi connectivity index (χ4v) is 3.55. The number of nitrogens with two attached hydrogens (primary N) is 1. The van der Waals surface area contributed by atoms with Gasteiger partial charge in [0.15, 0.2) is 0 Å². The van der Waals surface area contributed by atoms with Crippen LogP contribution in [0.2, 0.25) is 5.02 Å². The highest BCUT2D eigenvalue weighted by Gasteiger charge is 2.49. The first-order valence-corrected chi connectivity index (χ1v) is 9.99. The van der Waals surface area contributed by atoms with E-state index in [0.717, 1.165) is 17.7 Å². The number of aromatic nitrogens is 1. The summed E-state index contributed by atoms with van der Waals surface area (Å²) < 4.78 is 33.6. The lowest BCUT2D eigenvalue weighted by Crippen LogP contribution is -2.44. The Labute approximate surface area is 177 Å². The second-order valence-electron chi connectivity index (χ2n) is 7.72. The Morgan fingerprint density at radius 3 is 2.53 bits per heavy atom. The molecule has 2 amide bonds. The third kappa shape index (κ3) is 4.38. The van der Waals surface area contributed by atoms with E-state index in [1.807, 2.05) is 0 Å². The maximum atomic E-state index is 13.9. The van der Waals surface area contributed by atoms with Crippen LogP contribution in [0.3, 0.4) is 0 Å². The van der Waals surface area contributed by atoms with Gasteiger partial charge in [0.25, 0.3) is 11.8 Å². The van der Waals surface area contributed by atoms with Crippen LogP contribution in [0.5, 0.6) is 5.75 Å². The van der Waals surface area contributed by atoms with Crippen molar-refractivity contribution in [2.24, 2.45) is 11.7 Å². The van der Waals surface area contributed by atoms with Gasteiger partial charge in [-0.25, -0.2) is 13.8 Å². The first-order valence-electron chi connectivity index (χ1n) is 9.61. The molecular weight excluding hydrogens is 416 g/mol. The van der Waals surface area contributed by atoms with Crippen molar-refractivity contribution in [3.8, 4) is 17.0 Å². The molecule has 1 atom stereocenters. The van der Waals surface area contributed by atoms with Crippen molar-refractivity contribution in [2.45, 2.75) is 31.2 Å².